The second kappa shape index (κ2) is 21.2. The number of carbonyl (C=O) groups is 1. The summed E-state index contributed by atoms with van der Waals surface area (Å²) in [5.74, 6) is -1.39. The van der Waals surface area contributed by atoms with Gasteiger partial charge in [0.25, 0.3) is 0 Å². The van der Waals surface area contributed by atoms with Gasteiger partial charge in [-0.15, -0.1) is 12.4 Å². The van der Waals surface area contributed by atoms with Gasteiger partial charge in [-0.2, -0.15) is 0 Å². The number of hydrogen-bond acceptors (Lipinski definition) is 9. The number of esters is 1. The molecule has 14 heteroatoms. The van der Waals surface area contributed by atoms with E-state index in [-0.39, 0.29) is 76.8 Å². The molecule has 0 heterocycles. The van der Waals surface area contributed by atoms with Gasteiger partial charge in [-0.3, -0.25) is 0 Å². The van der Waals surface area contributed by atoms with Crippen LogP contribution in [0.25, 0.3) is 0 Å². The van der Waals surface area contributed by atoms with Crippen LogP contribution in [0.1, 0.15) is 0 Å². The first-order chi connectivity index (χ1) is 8.38. The topological polar surface area (TPSA) is 231 Å². The molecule has 0 aromatic heterocycles. The van der Waals surface area contributed by atoms with Gasteiger partial charge < -0.3 is 51.4 Å². The molecule has 0 unspecified atom stereocenters. The third-order valence-corrected chi connectivity index (χ3v) is 2.19. The van der Waals surface area contributed by atoms with Gasteiger partial charge in [0.1, 0.15) is 24.4 Å². The van der Waals surface area contributed by atoms with Gasteiger partial charge >= 0.3 is 59.4 Å². The van der Waals surface area contributed by atoms with Crippen molar-refractivity contribution in [2.75, 3.05) is 19.8 Å². The van der Waals surface area contributed by atoms with E-state index in [1.54, 1.807) is 0 Å². The molecule has 0 rings (SSSR count). The van der Waals surface area contributed by atoms with Crippen molar-refractivity contribution in [2.24, 2.45) is 0 Å². The molecule has 4 atom stereocenters. The Bertz CT molecular complexity index is 262. The fraction of sp³-hybridized carbons (Fsp3) is 0.889. The molecule has 0 spiro atoms. The summed E-state index contributed by atoms with van der Waals surface area (Å²) >= 11 is 0. The van der Waals surface area contributed by atoms with Crippen LogP contribution in [0.2, 0.25) is 0 Å². The van der Waals surface area contributed by atoms with E-state index < -0.39 is 56.3 Å². The first-order valence-electron chi connectivity index (χ1n) is 5.14. The minimum atomic E-state index is -2.19. The van der Waals surface area contributed by atoms with Crippen molar-refractivity contribution in [3.8, 4) is 0 Å². The zero-order chi connectivity index (χ0) is 14.3. The predicted octanol–water partition coefficient (Wildman–Crippen LogP) is -7.47. The van der Waals surface area contributed by atoms with Crippen molar-refractivity contribution in [1.29, 1.82) is 0 Å². The summed E-state index contributed by atoms with van der Waals surface area (Å²) in [5, 5.41) is 62.6. The van der Waals surface area contributed by atoms with Gasteiger partial charge in [0, 0.05) is 0 Å². The van der Waals surface area contributed by atoms with E-state index in [2.05, 4.69) is 4.74 Å². The Hall–Kier alpha value is 1.20. The van der Waals surface area contributed by atoms with Crippen molar-refractivity contribution in [2.45, 2.75) is 30.5 Å². The average molecular weight is 487 g/mol. The van der Waals surface area contributed by atoms with Crippen LogP contribution < -0.4 is 0 Å². The second-order valence-corrected chi connectivity index (χ2v) is 3.60. The Morgan fingerprint density at radius 2 is 1.26 bits per heavy atom. The molecular formula is C9H26ClNaO11Sn. The number of carbonyl (C=O) groups excluding carboxylic acids is 1. The van der Waals surface area contributed by atoms with E-state index >= 15 is 0 Å². The van der Waals surface area contributed by atoms with E-state index in [4.69, 9.17) is 20.4 Å². The van der Waals surface area contributed by atoms with E-state index in [0.29, 0.717) is 0 Å². The minimum absolute atomic E-state index is 0. The summed E-state index contributed by atoms with van der Waals surface area (Å²) in [6.07, 6.45) is -9.24. The number of hydrogen-bond donors (Lipinski definition) is 7. The van der Waals surface area contributed by atoms with Gasteiger partial charge in [-0.1, -0.05) is 0 Å². The number of halogens is 1. The fourth-order valence-corrected chi connectivity index (χ4v) is 1.03. The Labute approximate surface area is 177 Å². The molecule has 0 aliphatic carbocycles. The molecule has 0 bridgehead atoms. The fourth-order valence-electron chi connectivity index (χ4n) is 1.03. The molecule has 11 N–H and O–H groups in total. The molecule has 11 nitrogen and oxygen atoms in total. The summed E-state index contributed by atoms with van der Waals surface area (Å²) in [6, 6.07) is 0. The zero-order valence-electron chi connectivity index (χ0n) is 11.6. The monoisotopic (exact) mass is 488 g/mol. The van der Waals surface area contributed by atoms with Gasteiger partial charge in [0.05, 0.1) is 19.8 Å². The molecule has 0 amide bonds. The SMILES string of the molecule is Cl.O.O.O=C(OC(CO)CO)[C@H](O)[C@@H](O)[C@H](O)[C@H](O)CO.[NaH].[SnH2]. The summed E-state index contributed by atoms with van der Waals surface area (Å²) in [4.78, 5) is 11.2. The van der Waals surface area contributed by atoms with Crippen LogP contribution in [-0.2, 0) is 9.53 Å². The Kier molecular flexibility index (Phi) is 36.3. The molecule has 140 valence electrons. The van der Waals surface area contributed by atoms with Crippen molar-refractivity contribution in [3.63, 3.8) is 0 Å². The van der Waals surface area contributed by atoms with Crippen LogP contribution in [0, 0.1) is 0 Å². The van der Waals surface area contributed by atoms with Gasteiger partial charge in [-0.25, -0.2) is 4.79 Å². The number of rotatable bonds is 8. The summed E-state index contributed by atoms with van der Waals surface area (Å²) in [6.45, 7) is -2.25. The van der Waals surface area contributed by atoms with Gasteiger partial charge in [-0.05, 0) is 0 Å². The molecule has 0 aliphatic heterocycles. The first-order valence-corrected chi connectivity index (χ1v) is 5.14. The Balaban J connectivity index is -0.000000144. The third-order valence-electron chi connectivity index (χ3n) is 2.19. The van der Waals surface area contributed by atoms with Crippen molar-refractivity contribution < 1.29 is 56.2 Å². The van der Waals surface area contributed by atoms with Crippen LogP contribution >= 0.6 is 12.4 Å². The zero-order valence-corrected chi connectivity index (χ0v) is 16.4. The van der Waals surface area contributed by atoms with Gasteiger partial charge in [0.15, 0.2) is 6.10 Å². The number of aliphatic hydroxyl groups is 7. The molecule has 23 heavy (non-hydrogen) atoms. The molecule has 2 radical (unpaired) electrons. The molecular weight excluding hydrogens is 461 g/mol. The van der Waals surface area contributed by atoms with Crippen LogP contribution in [0.5, 0.6) is 0 Å². The maximum atomic E-state index is 11.2. The van der Waals surface area contributed by atoms with Gasteiger partial charge in [0.2, 0.25) is 0 Å². The maximum absolute atomic E-state index is 11.2. The number of aliphatic hydroxyl groups excluding tert-OH is 7. The predicted molar refractivity (Wildman–Crippen MR) is 85.3 cm³/mol. The van der Waals surface area contributed by atoms with Crippen LogP contribution in [0.3, 0.4) is 0 Å². The molecule has 0 fully saturated rings. The standard InChI is InChI=1S/C9H18O9.ClH.Na.2H2O.Sn.3H/c10-1-4(2-11)18-9(17)8(16)7(15)6(14)5(13)3-12;;;;;;;;/h4-8,10-16H,1-3H2;1H;;2*1H2;;;;/t5-,6-,7+,8-;;;;;;;;/m1......../s1. The van der Waals surface area contributed by atoms with Crippen molar-refractivity contribution in [3.05, 3.63) is 0 Å². The van der Waals surface area contributed by atoms with Crippen molar-refractivity contribution >= 4 is 71.8 Å². The van der Waals surface area contributed by atoms with Crippen LogP contribution in [0.15, 0.2) is 0 Å². The van der Waals surface area contributed by atoms with E-state index in [1.807, 2.05) is 0 Å². The van der Waals surface area contributed by atoms with E-state index in [0.717, 1.165) is 0 Å². The Morgan fingerprint density at radius 1 is 0.870 bits per heavy atom. The normalized spacial score (nSPS) is 14.3. The Morgan fingerprint density at radius 3 is 1.57 bits per heavy atom. The summed E-state index contributed by atoms with van der Waals surface area (Å²) in [5.41, 5.74) is 0. The first kappa shape index (κ1) is 39.3. The molecule has 0 aromatic carbocycles. The number of ether oxygens (including phenoxy) is 1. The average Bonchev–Trinajstić information content (AvgIpc) is 2.40. The summed E-state index contributed by atoms with van der Waals surface area (Å²) in [7, 11) is 0. The molecule has 0 saturated carbocycles. The molecule has 0 aromatic rings. The quantitative estimate of drug-likeness (QED) is 0.127. The van der Waals surface area contributed by atoms with Crippen molar-refractivity contribution in [1.82, 2.24) is 0 Å². The van der Waals surface area contributed by atoms with E-state index in [1.165, 1.54) is 0 Å². The van der Waals surface area contributed by atoms with E-state index in [9.17, 15) is 20.1 Å². The second-order valence-electron chi connectivity index (χ2n) is 3.60. The van der Waals surface area contributed by atoms with Crippen LogP contribution in [-0.4, -0.2) is 156 Å². The molecule has 0 saturated heterocycles. The third kappa shape index (κ3) is 14.1. The summed E-state index contributed by atoms with van der Waals surface area (Å²) < 4.78 is 4.39. The molecule has 0 aliphatic rings. The van der Waals surface area contributed by atoms with Crippen LogP contribution in [0.4, 0.5) is 0 Å².